The van der Waals surface area contributed by atoms with Crippen LogP contribution in [-0.4, -0.2) is 29.9 Å². The van der Waals surface area contributed by atoms with Gasteiger partial charge in [-0.1, -0.05) is 103 Å². The second-order valence-corrected chi connectivity index (χ2v) is 11.2. The van der Waals surface area contributed by atoms with E-state index in [-0.39, 0.29) is 0 Å². The van der Waals surface area contributed by atoms with E-state index in [0.29, 0.717) is 23.2 Å². The van der Waals surface area contributed by atoms with Gasteiger partial charge in [0, 0.05) is 27.5 Å². The maximum absolute atomic E-state index is 5.97. The number of nitrogens with zero attached hydrogens (tertiary/aromatic N) is 6. The Balaban J connectivity index is 1.11. The van der Waals surface area contributed by atoms with Gasteiger partial charge in [0.2, 0.25) is 0 Å². The van der Waals surface area contributed by atoms with Crippen molar-refractivity contribution in [3.05, 3.63) is 146 Å². The molecule has 0 spiro atoms. The molecule has 0 bridgehead atoms. The van der Waals surface area contributed by atoms with Crippen LogP contribution in [0.1, 0.15) is 0 Å². The van der Waals surface area contributed by atoms with E-state index in [1.165, 1.54) is 0 Å². The maximum Gasteiger partial charge on any atom is 0.164 e. The average Bonchev–Trinajstić information content (AvgIpc) is 3.53. The normalized spacial score (nSPS) is 11.4. The van der Waals surface area contributed by atoms with Crippen molar-refractivity contribution < 1.29 is 4.42 Å². The first kappa shape index (κ1) is 26.8. The molecule has 0 atom stereocenters. The smallest absolute Gasteiger partial charge is 0.164 e. The molecule has 7 nitrogen and oxygen atoms in total. The first-order chi connectivity index (χ1) is 23.2. The molecule has 0 fully saturated rings. The molecule has 0 amide bonds. The van der Waals surface area contributed by atoms with Crippen LogP contribution in [0.3, 0.4) is 0 Å². The number of hydrogen-bond donors (Lipinski definition) is 0. The van der Waals surface area contributed by atoms with Crippen LogP contribution in [0.25, 0.3) is 89.7 Å². The van der Waals surface area contributed by atoms with Crippen LogP contribution >= 0.6 is 0 Å². The summed E-state index contributed by atoms with van der Waals surface area (Å²) in [6.07, 6.45) is 3.53. The lowest BCUT2D eigenvalue weighted by molar-refractivity contribution is 0.667. The lowest BCUT2D eigenvalue weighted by Gasteiger charge is -2.10. The molecule has 0 aliphatic rings. The van der Waals surface area contributed by atoms with Gasteiger partial charge in [0.1, 0.15) is 11.3 Å². The second kappa shape index (κ2) is 11.1. The van der Waals surface area contributed by atoms with E-state index in [2.05, 4.69) is 35.3 Å². The van der Waals surface area contributed by atoms with Gasteiger partial charge in [-0.2, -0.15) is 0 Å². The standard InChI is InChI=1S/C40H24N6O/c1-3-10-25(11-4-1)38-44-39(26-12-5-2-6-13-26)46-40(45-38)29-15-9-14-27(20-29)28-18-19-32-34(21-28)43-35(23-41-32)33-22-31-30-16-7-8-17-36(30)47-37(31)24-42-33/h1-24H. The summed E-state index contributed by atoms with van der Waals surface area (Å²) in [7, 11) is 0. The van der Waals surface area contributed by atoms with Gasteiger partial charge in [-0.25, -0.2) is 19.9 Å². The highest BCUT2D eigenvalue weighted by molar-refractivity contribution is 6.05. The zero-order valence-corrected chi connectivity index (χ0v) is 24.9. The number of pyridine rings is 1. The summed E-state index contributed by atoms with van der Waals surface area (Å²) in [6, 6.07) is 44.4. The van der Waals surface area contributed by atoms with Gasteiger partial charge >= 0.3 is 0 Å². The van der Waals surface area contributed by atoms with Crippen LogP contribution in [0.4, 0.5) is 0 Å². The number of aromatic nitrogens is 6. The molecular weight excluding hydrogens is 580 g/mol. The molecule has 0 saturated heterocycles. The van der Waals surface area contributed by atoms with Crippen molar-refractivity contribution in [2.75, 3.05) is 0 Å². The van der Waals surface area contributed by atoms with Crippen LogP contribution < -0.4 is 0 Å². The molecule has 0 unspecified atom stereocenters. The molecule has 220 valence electrons. The van der Waals surface area contributed by atoms with Crippen LogP contribution in [0.15, 0.2) is 150 Å². The summed E-state index contributed by atoms with van der Waals surface area (Å²) in [5.41, 5.74) is 9.39. The average molecular weight is 605 g/mol. The number of para-hydroxylation sites is 1. The highest BCUT2D eigenvalue weighted by Crippen LogP contribution is 2.32. The predicted molar refractivity (Wildman–Crippen MR) is 185 cm³/mol. The van der Waals surface area contributed by atoms with Gasteiger partial charge in [0.25, 0.3) is 0 Å². The highest BCUT2D eigenvalue weighted by Gasteiger charge is 2.14. The van der Waals surface area contributed by atoms with Gasteiger partial charge in [0.05, 0.1) is 29.1 Å². The fraction of sp³-hybridized carbons (Fsp3) is 0. The number of benzene rings is 5. The number of furan rings is 1. The van der Waals surface area contributed by atoms with Gasteiger partial charge in [-0.05, 0) is 41.5 Å². The van der Waals surface area contributed by atoms with Crippen molar-refractivity contribution in [3.63, 3.8) is 0 Å². The maximum atomic E-state index is 5.97. The minimum atomic E-state index is 0.607. The number of fused-ring (bicyclic) bond motifs is 4. The van der Waals surface area contributed by atoms with E-state index in [1.54, 1.807) is 12.4 Å². The lowest BCUT2D eigenvalue weighted by Crippen LogP contribution is -2.00. The third kappa shape index (κ3) is 4.96. The Labute approximate surface area is 269 Å². The minimum Gasteiger partial charge on any atom is -0.454 e. The number of hydrogen-bond acceptors (Lipinski definition) is 7. The summed E-state index contributed by atoms with van der Waals surface area (Å²) in [4.78, 5) is 29.0. The Morgan fingerprint density at radius 3 is 1.77 bits per heavy atom. The van der Waals surface area contributed by atoms with Crippen molar-refractivity contribution in [3.8, 4) is 56.7 Å². The first-order valence-corrected chi connectivity index (χ1v) is 15.3. The third-order valence-electron chi connectivity index (χ3n) is 8.22. The first-order valence-electron chi connectivity index (χ1n) is 15.3. The molecule has 4 heterocycles. The molecule has 5 aromatic carbocycles. The molecular formula is C40H24N6O. The lowest BCUT2D eigenvalue weighted by atomic mass is 10.0. The van der Waals surface area contributed by atoms with Crippen molar-refractivity contribution >= 4 is 33.0 Å². The fourth-order valence-electron chi connectivity index (χ4n) is 5.86. The van der Waals surface area contributed by atoms with Gasteiger partial charge in [0.15, 0.2) is 23.1 Å². The van der Waals surface area contributed by atoms with Crippen LogP contribution in [0.5, 0.6) is 0 Å². The monoisotopic (exact) mass is 604 g/mol. The van der Waals surface area contributed by atoms with Crippen LogP contribution in [0.2, 0.25) is 0 Å². The zero-order chi connectivity index (χ0) is 31.2. The van der Waals surface area contributed by atoms with E-state index < -0.39 is 0 Å². The molecule has 0 aliphatic carbocycles. The molecule has 7 heteroatoms. The molecule has 0 N–H and O–H groups in total. The molecule has 9 rings (SSSR count). The van der Waals surface area contributed by atoms with E-state index in [0.717, 1.165) is 66.5 Å². The summed E-state index contributed by atoms with van der Waals surface area (Å²) in [5, 5.41) is 2.05. The Morgan fingerprint density at radius 2 is 1.00 bits per heavy atom. The molecule has 0 aliphatic heterocycles. The summed E-state index contributed by atoms with van der Waals surface area (Å²) < 4.78 is 5.97. The predicted octanol–water partition coefficient (Wildman–Crippen LogP) is 9.44. The molecule has 9 aromatic rings. The van der Waals surface area contributed by atoms with E-state index in [9.17, 15) is 0 Å². The Morgan fingerprint density at radius 1 is 0.362 bits per heavy atom. The largest absolute Gasteiger partial charge is 0.454 e. The molecule has 47 heavy (non-hydrogen) atoms. The van der Waals surface area contributed by atoms with Crippen molar-refractivity contribution in [2.24, 2.45) is 0 Å². The molecule has 4 aromatic heterocycles. The molecule has 0 radical (unpaired) electrons. The van der Waals surface area contributed by atoms with Crippen molar-refractivity contribution in [1.29, 1.82) is 0 Å². The summed E-state index contributed by atoms with van der Waals surface area (Å²) >= 11 is 0. The van der Waals surface area contributed by atoms with Gasteiger partial charge in [-0.3, -0.25) is 9.97 Å². The molecule has 0 saturated carbocycles. The Kier molecular flexibility index (Phi) is 6.31. The zero-order valence-electron chi connectivity index (χ0n) is 24.9. The number of rotatable bonds is 5. The van der Waals surface area contributed by atoms with Crippen LogP contribution in [0, 0.1) is 0 Å². The minimum absolute atomic E-state index is 0.607. The van der Waals surface area contributed by atoms with Gasteiger partial charge < -0.3 is 4.42 Å². The van der Waals surface area contributed by atoms with E-state index in [4.69, 9.17) is 29.3 Å². The quantitative estimate of drug-likeness (QED) is 0.193. The third-order valence-corrected chi connectivity index (χ3v) is 8.22. The topological polar surface area (TPSA) is 90.5 Å². The highest BCUT2D eigenvalue weighted by atomic mass is 16.3. The van der Waals surface area contributed by atoms with E-state index >= 15 is 0 Å². The Hall–Kier alpha value is -6.60. The van der Waals surface area contributed by atoms with Gasteiger partial charge in [-0.15, -0.1) is 0 Å². The fourth-order valence-corrected chi connectivity index (χ4v) is 5.86. The second-order valence-electron chi connectivity index (χ2n) is 11.2. The SMILES string of the molecule is c1ccc(-c2nc(-c3ccccc3)nc(-c3cccc(-c4ccc5ncc(-c6cc7c(cn6)oc6ccccc67)nc5c4)c3)n2)cc1. The van der Waals surface area contributed by atoms with E-state index in [1.807, 2.05) is 103 Å². The summed E-state index contributed by atoms with van der Waals surface area (Å²) in [5.74, 6) is 1.86. The van der Waals surface area contributed by atoms with Crippen LogP contribution in [-0.2, 0) is 0 Å². The van der Waals surface area contributed by atoms with Crippen molar-refractivity contribution in [1.82, 2.24) is 29.9 Å². The Bertz CT molecular complexity index is 2520. The summed E-state index contributed by atoms with van der Waals surface area (Å²) in [6.45, 7) is 0. The van der Waals surface area contributed by atoms with Crippen molar-refractivity contribution in [2.45, 2.75) is 0 Å².